The van der Waals surface area contributed by atoms with E-state index in [1.54, 1.807) is 0 Å². The van der Waals surface area contributed by atoms with Gasteiger partial charge in [-0.15, -0.1) is 0 Å². The second kappa shape index (κ2) is 5.50. The molecule has 1 fully saturated rings. The molecule has 0 heterocycles. The lowest BCUT2D eigenvalue weighted by Gasteiger charge is -2.33. The van der Waals surface area contributed by atoms with Crippen LogP contribution in [0.25, 0.3) is 0 Å². The second-order valence-corrected chi connectivity index (χ2v) is 6.88. The zero-order valence-corrected chi connectivity index (χ0v) is 11.8. The molecule has 0 bridgehead atoms. The molecule has 0 aliphatic heterocycles. The lowest BCUT2D eigenvalue weighted by atomic mass is 9.87. The van der Waals surface area contributed by atoms with Crippen LogP contribution in [0, 0.1) is 11.3 Å². The molecule has 0 radical (unpaired) electrons. The largest absolute Gasteiger partial charge is 0.326 e. The van der Waals surface area contributed by atoms with Gasteiger partial charge in [0.15, 0.2) is 0 Å². The minimum Gasteiger partial charge on any atom is -0.326 e. The van der Waals surface area contributed by atoms with E-state index in [-0.39, 0.29) is 5.41 Å². The number of hydrogen-bond donors (Lipinski definition) is 1. The molecular weight excluding hydrogens is 196 g/mol. The van der Waals surface area contributed by atoms with Crippen LogP contribution in [0.5, 0.6) is 0 Å². The summed E-state index contributed by atoms with van der Waals surface area (Å²) >= 11 is 0. The average molecular weight is 226 g/mol. The number of nitrogens with two attached hydrogens (primary N) is 1. The van der Waals surface area contributed by atoms with Crippen LogP contribution in [0.2, 0.25) is 0 Å². The Morgan fingerprint density at radius 1 is 1.25 bits per heavy atom. The van der Waals surface area contributed by atoms with Crippen LogP contribution < -0.4 is 5.73 Å². The smallest absolute Gasteiger partial charge is 0.0217 e. The first-order valence-corrected chi connectivity index (χ1v) is 6.80. The molecule has 96 valence electrons. The zero-order chi connectivity index (χ0) is 12.3. The highest BCUT2D eigenvalue weighted by molar-refractivity contribution is 4.89. The third-order valence-electron chi connectivity index (χ3n) is 3.60. The summed E-state index contributed by atoms with van der Waals surface area (Å²) in [7, 11) is 0. The fraction of sp³-hybridized carbons (Fsp3) is 1.00. The van der Waals surface area contributed by atoms with Crippen LogP contribution in [-0.4, -0.2) is 30.1 Å². The first kappa shape index (κ1) is 14.0. The fourth-order valence-electron chi connectivity index (χ4n) is 1.81. The molecule has 1 aliphatic carbocycles. The third-order valence-corrected chi connectivity index (χ3v) is 3.60. The molecule has 0 amide bonds. The van der Waals surface area contributed by atoms with Crippen molar-refractivity contribution < 1.29 is 0 Å². The summed E-state index contributed by atoms with van der Waals surface area (Å²) < 4.78 is 0. The summed E-state index contributed by atoms with van der Waals surface area (Å²) in [6.07, 6.45) is 4.07. The SMILES string of the molecule is CC(C)CCN(CC(N)C(C)(C)C)C1CC1. The van der Waals surface area contributed by atoms with Crippen molar-refractivity contribution in [2.75, 3.05) is 13.1 Å². The maximum atomic E-state index is 6.28. The van der Waals surface area contributed by atoms with E-state index in [1.807, 2.05) is 0 Å². The summed E-state index contributed by atoms with van der Waals surface area (Å²) in [5, 5.41) is 0. The van der Waals surface area contributed by atoms with Gasteiger partial charge in [0.25, 0.3) is 0 Å². The van der Waals surface area contributed by atoms with Crippen molar-refractivity contribution in [2.24, 2.45) is 17.1 Å². The molecule has 1 unspecified atom stereocenters. The van der Waals surface area contributed by atoms with E-state index in [0.29, 0.717) is 6.04 Å². The van der Waals surface area contributed by atoms with Gasteiger partial charge in [0.05, 0.1) is 0 Å². The molecule has 2 heteroatoms. The Morgan fingerprint density at radius 2 is 1.81 bits per heavy atom. The topological polar surface area (TPSA) is 29.3 Å². The van der Waals surface area contributed by atoms with Crippen molar-refractivity contribution in [3.63, 3.8) is 0 Å². The van der Waals surface area contributed by atoms with E-state index in [9.17, 15) is 0 Å². The van der Waals surface area contributed by atoms with Crippen molar-refractivity contribution in [1.82, 2.24) is 4.90 Å². The first-order valence-electron chi connectivity index (χ1n) is 6.80. The summed E-state index contributed by atoms with van der Waals surface area (Å²) in [6, 6.07) is 1.13. The number of hydrogen-bond acceptors (Lipinski definition) is 2. The first-order chi connectivity index (χ1) is 7.30. The summed E-state index contributed by atoms with van der Waals surface area (Å²) in [5.74, 6) is 0.798. The lowest BCUT2D eigenvalue weighted by molar-refractivity contribution is 0.184. The van der Waals surface area contributed by atoms with Crippen LogP contribution in [0.3, 0.4) is 0 Å². The van der Waals surface area contributed by atoms with Crippen molar-refractivity contribution in [3.8, 4) is 0 Å². The Kier molecular flexibility index (Phi) is 4.81. The molecular formula is C14H30N2. The van der Waals surface area contributed by atoms with Crippen LogP contribution in [-0.2, 0) is 0 Å². The Labute approximate surface area is 102 Å². The van der Waals surface area contributed by atoms with Gasteiger partial charge in [-0.2, -0.15) is 0 Å². The molecule has 1 saturated carbocycles. The highest BCUT2D eigenvalue weighted by Gasteiger charge is 2.32. The van der Waals surface area contributed by atoms with Crippen molar-refractivity contribution >= 4 is 0 Å². The van der Waals surface area contributed by atoms with Gasteiger partial charge in [0, 0.05) is 18.6 Å². The highest BCUT2D eigenvalue weighted by Crippen LogP contribution is 2.29. The average Bonchev–Trinajstić information content (AvgIpc) is 2.92. The maximum Gasteiger partial charge on any atom is 0.0217 e. The molecule has 0 aromatic heterocycles. The Balaban J connectivity index is 2.39. The summed E-state index contributed by atoms with van der Waals surface area (Å²) in [4.78, 5) is 2.62. The summed E-state index contributed by atoms with van der Waals surface area (Å²) in [5.41, 5.74) is 6.51. The minimum absolute atomic E-state index is 0.227. The monoisotopic (exact) mass is 226 g/mol. The predicted molar refractivity (Wildman–Crippen MR) is 71.5 cm³/mol. The van der Waals surface area contributed by atoms with Crippen LogP contribution >= 0.6 is 0 Å². The predicted octanol–water partition coefficient (Wildman–Crippen LogP) is 2.87. The molecule has 0 saturated heterocycles. The molecule has 0 spiro atoms. The van der Waals surface area contributed by atoms with E-state index in [2.05, 4.69) is 39.5 Å². The van der Waals surface area contributed by atoms with Gasteiger partial charge >= 0.3 is 0 Å². The van der Waals surface area contributed by atoms with Gasteiger partial charge in [0.2, 0.25) is 0 Å². The fourth-order valence-corrected chi connectivity index (χ4v) is 1.81. The molecule has 16 heavy (non-hydrogen) atoms. The van der Waals surface area contributed by atoms with Crippen LogP contribution in [0.1, 0.15) is 53.9 Å². The molecule has 1 aliphatic rings. The van der Waals surface area contributed by atoms with Crippen LogP contribution in [0.15, 0.2) is 0 Å². The lowest BCUT2D eigenvalue weighted by Crippen LogP contribution is -2.46. The van der Waals surface area contributed by atoms with E-state index < -0.39 is 0 Å². The maximum absolute atomic E-state index is 6.28. The van der Waals surface area contributed by atoms with Crippen molar-refractivity contribution in [3.05, 3.63) is 0 Å². The molecule has 0 aromatic rings. The molecule has 0 aromatic carbocycles. The van der Waals surface area contributed by atoms with E-state index in [0.717, 1.165) is 18.5 Å². The van der Waals surface area contributed by atoms with Gasteiger partial charge < -0.3 is 5.73 Å². The van der Waals surface area contributed by atoms with Gasteiger partial charge in [-0.1, -0.05) is 34.6 Å². The minimum atomic E-state index is 0.227. The normalized spacial score (nSPS) is 19.5. The Bertz CT molecular complexity index is 201. The van der Waals surface area contributed by atoms with Crippen molar-refractivity contribution in [1.29, 1.82) is 0 Å². The molecule has 1 atom stereocenters. The van der Waals surface area contributed by atoms with E-state index in [4.69, 9.17) is 5.73 Å². The van der Waals surface area contributed by atoms with E-state index in [1.165, 1.54) is 25.8 Å². The van der Waals surface area contributed by atoms with Gasteiger partial charge in [0.1, 0.15) is 0 Å². The summed E-state index contributed by atoms with van der Waals surface area (Å²) in [6.45, 7) is 13.6. The molecule has 2 N–H and O–H groups in total. The molecule has 2 nitrogen and oxygen atoms in total. The van der Waals surface area contributed by atoms with Gasteiger partial charge in [-0.05, 0) is 37.1 Å². The quantitative estimate of drug-likeness (QED) is 0.754. The molecule has 1 rings (SSSR count). The Hall–Kier alpha value is -0.0800. The van der Waals surface area contributed by atoms with Gasteiger partial charge in [-0.3, -0.25) is 4.90 Å². The Morgan fingerprint density at radius 3 is 2.19 bits per heavy atom. The van der Waals surface area contributed by atoms with E-state index >= 15 is 0 Å². The van der Waals surface area contributed by atoms with Crippen LogP contribution in [0.4, 0.5) is 0 Å². The standard InChI is InChI=1S/C14H30N2/c1-11(2)8-9-16(12-6-7-12)10-13(15)14(3,4)5/h11-13H,6-10,15H2,1-5H3. The number of rotatable bonds is 6. The zero-order valence-electron chi connectivity index (χ0n) is 11.8. The third kappa shape index (κ3) is 4.84. The van der Waals surface area contributed by atoms with Gasteiger partial charge in [-0.25, -0.2) is 0 Å². The second-order valence-electron chi connectivity index (χ2n) is 6.88. The van der Waals surface area contributed by atoms with Crippen molar-refractivity contribution in [2.45, 2.75) is 66.0 Å². The number of nitrogens with zero attached hydrogens (tertiary/aromatic N) is 1. The highest BCUT2D eigenvalue weighted by atomic mass is 15.2.